The maximum Gasteiger partial charge on any atom is 0.410 e. The van der Waals surface area contributed by atoms with Gasteiger partial charge in [0.05, 0.1) is 6.04 Å². The van der Waals surface area contributed by atoms with E-state index in [1.54, 1.807) is 11.0 Å². The van der Waals surface area contributed by atoms with Gasteiger partial charge in [0.15, 0.2) is 11.6 Å². The molecule has 3 fully saturated rings. The molecule has 1 unspecified atom stereocenters. The number of carbonyl (C=O) groups excluding carboxylic acids is 1. The van der Waals surface area contributed by atoms with Crippen molar-refractivity contribution in [2.75, 3.05) is 26.2 Å². The number of piperidine rings is 3. The Morgan fingerprint density at radius 2 is 1.72 bits per heavy atom. The fraction of sp³-hybridized carbons (Fsp3) is 0.435. The predicted octanol–water partition coefficient (Wildman–Crippen LogP) is 4.14. The van der Waals surface area contributed by atoms with Crippen molar-refractivity contribution < 1.29 is 18.3 Å². The number of hydrogen-bond acceptors (Lipinski definition) is 3. The van der Waals surface area contributed by atoms with Crippen molar-refractivity contribution in [3.8, 4) is 0 Å². The van der Waals surface area contributed by atoms with Crippen molar-refractivity contribution in [3.63, 3.8) is 0 Å². The molecule has 4 heterocycles. The van der Waals surface area contributed by atoms with E-state index in [0.717, 1.165) is 49.7 Å². The van der Waals surface area contributed by atoms with Gasteiger partial charge in [-0.1, -0.05) is 36.4 Å². The van der Waals surface area contributed by atoms with Gasteiger partial charge in [0.25, 0.3) is 0 Å². The first-order valence-corrected chi connectivity index (χ1v) is 10.3. The molecule has 4 nitrogen and oxygen atoms in total. The molecule has 4 aliphatic rings. The fourth-order valence-electron chi connectivity index (χ4n) is 5.07. The average molecular weight is 398 g/mol. The van der Waals surface area contributed by atoms with Crippen LogP contribution >= 0.6 is 0 Å². The van der Waals surface area contributed by atoms with Crippen LogP contribution in [0.4, 0.5) is 13.6 Å². The van der Waals surface area contributed by atoms with Gasteiger partial charge in [0.1, 0.15) is 6.10 Å². The van der Waals surface area contributed by atoms with E-state index in [1.807, 2.05) is 24.3 Å². The molecule has 2 atom stereocenters. The largest absolute Gasteiger partial charge is 0.444 e. The zero-order valence-corrected chi connectivity index (χ0v) is 16.2. The van der Waals surface area contributed by atoms with Crippen LogP contribution in [0.3, 0.4) is 0 Å². The lowest BCUT2D eigenvalue weighted by molar-refractivity contribution is -0.0463. The highest BCUT2D eigenvalue weighted by molar-refractivity contribution is 5.70. The number of benzene rings is 2. The third-order valence-electron chi connectivity index (χ3n) is 6.64. The highest BCUT2D eigenvalue weighted by Gasteiger charge is 2.40. The molecule has 4 aliphatic heterocycles. The normalized spacial score (nSPS) is 28.1. The number of amides is 1. The molecule has 152 valence electrons. The number of hydrogen-bond donors (Lipinski definition) is 0. The Kier molecular flexibility index (Phi) is 4.74. The molecule has 6 rings (SSSR count). The number of carbonyl (C=O) groups is 1. The summed E-state index contributed by atoms with van der Waals surface area (Å²) in [6, 6.07) is 11.1. The van der Waals surface area contributed by atoms with Crippen molar-refractivity contribution in [1.29, 1.82) is 0 Å². The summed E-state index contributed by atoms with van der Waals surface area (Å²) < 4.78 is 34.7. The van der Waals surface area contributed by atoms with E-state index in [9.17, 15) is 13.6 Å². The zero-order chi connectivity index (χ0) is 20.0. The van der Waals surface area contributed by atoms with Crippen LogP contribution in [0.2, 0.25) is 0 Å². The predicted molar refractivity (Wildman–Crippen MR) is 104 cm³/mol. The Balaban J connectivity index is 1.48. The van der Waals surface area contributed by atoms with E-state index in [4.69, 9.17) is 4.74 Å². The lowest BCUT2D eigenvalue weighted by atomic mass is 9.86. The Labute approximate surface area is 169 Å². The molecular weight excluding hydrogens is 374 g/mol. The molecule has 6 heteroatoms. The summed E-state index contributed by atoms with van der Waals surface area (Å²) in [4.78, 5) is 17.1. The summed E-state index contributed by atoms with van der Waals surface area (Å²) in [7, 11) is 0. The molecule has 0 N–H and O–H groups in total. The molecule has 0 aromatic heterocycles. The molecule has 2 aromatic rings. The number of nitrogens with zero attached hydrogens (tertiary/aromatic N) is 2. The maximum atomic E-state index is 14.7. The van der Waals surface area contributed by atoms with Crippen LogP contribution in [0.15, 0.2) is 42.5 Å². The number of ether oxygens (including phenoxy) is 1. The Morgan fingerprint density at radius 1 is 0.966 bits per heavy atom. The summed E-state index contributed by atoms with van der Waals surface area (Å²) in [6.45, 7) is 3.30. The van der Waals surface area contributed by atoms with E-state index < -0.39 is 23.8 Å². The first-order valence-electron chi connectivity index (χ1n) is 10.3. The molecule has 1 amide bonds. The lowest BCUT2D eigenvalue weighted by Crippen LogP contribution is -2.53. The second-order valence-electron chi connectivity index (χ2n) is 8.25. The molecule has 29 heavy (non-hydrogen) atoms. The van der Waals surface area contributed by atoms with Gasteiger partial charge in [-0.05, 0) is 55.5 Å². The molecule has 0 spiro atoms. The third kappa shape index (κ3) is 3.29. The minimum atomic E-state index is -0.908. The highest BCUT2D eigenvalue weighted by atomic mass is 19.2. The zero-order valence-electron chi connectivity index (χ0n) is 16.2. The minimum Gasteiger partial charge on any atom is -0.444 e. The molecule has 3 saturated heterocycles. The quantitative estimate of drug-likeness (QED) is 0.762. The number of fused-ring (bicyclic) bond motifs is 4. The van der Waals surface area contributed by atoms with Crippen LogP contribution in [-0.2, 0) is 11.2 Å². The SMILES string of the molecule is O=C(OC1CN2CCC1CC2)N1CCc2ccccc2[C@@H]1c1cccc(F)c1F. The molecule has 2 aromatic carbocycles. The maximum absolute atomic E-state index is 14.7. The Bertz CT molecular complexity index is 927. The smallest absolute Gasteiger partial charge is 0.410 e. The lowest BCUT2D eigenvalue weighted by Gasteiger charge is -2.45. The first-order chi connectivity index (χ1) is 14.1. The van der Waals surface area contributed by atoms with Crippen LogP contribution in [0, 0.1) is 17.6 Å². The van der Waals surface area contributed by atoms with Crippen LogP contribution in [0.25, 0.3) is 0 Å². The molecule has 0 aliphatic carbocycles. The fourth-order valence-corrected chi connectivity index (χ4v) is 5.07. The van der Waals surface area contributed by atoms with E-state index in [-0.39, 0.29) is 11.7 Å². The second kappa shape index (κ2) is 7.41. The van der Waals surface area contributed by atoms with E-state index >= 15 is 0 Å². The van der Waals surface area contributed by atoms with Crippen LogP contribution in [0.5, 0.6) is 0 Å². The summed E-state index contributed by atoms with van der Waals surface area (Å²) in [6.07, 6.45) is 2.19. The molecular formula is C23H24F2N2O2. The summed E-state index contributed by atoms with van der Waals surface area (Å²) in [5.74, 6) is -1.42. The van der Waals surface area contributed by atoms with Gasteiger partial charge in [0.2, 0.25) is 0 Å². The van der Waals surface area contributed by atoms with E-state index in [1.165, 1.54) is 6.07 Å². The van der Waals surface area contributed by atoms with Gasteiger partial charge in [-0.25, -0.2) is 13.6 Å². The summed E-state index contributed by atoms with van der Waals surface area (Å²) >= 11 is 0. The third-order valence-corrected chi connectivity index (χ3v) is 6.64. The van der Waals surface area contributed by atoms with Crippen molar-refractivity contribution in [2.45, 2.75) is 31.4 Å². The van der Waals surface area contributed by atoms with Gasteiger partial charge < -0.3 is 4.74 Å². The summed E-state index contributed by atoms with van der Waals surface area (Å²) in [5, 5.41) is 0. The van der Waals surface area contributed by atoms with Gasteiger partial charge in [-0.3, -0.25) is 9.80 Å². The van der Waals surface area contributed by atoms with Crippen LogP contribution in [-0.4, -0.2) is 48.2 Å². The summed E-state index contributed by atoms with van der Waals surface area (Å²) in [5.41, 5.74) is 2.05. The van der Waals surface area contributed by atoms with Gasteiger partial charge in [0, 0.05) is 18.7 Å². The second-order valence-corrected chi connectivity index (χ2v) is 8.25. The number of rotatable bonds is 2. The molecule has 0 saturated carbocycles. The minimum absolute atomic E-state index is 0.125. The standard InChI is InChI=1S/C23H24F2N2O2/c24-19-7-3-6-18(21(19)25)22-17-5-2-1-4-15(17)10-13-27(22)23(28)29-20-14-26-11-8-16(20)9-12-26/h1-7,16,20,22H,8-14H2/t20?,22-/m1/s1. The number of halogens is 2. The topological polar surface area (TPSA) is 32.8 Å². The van der Waals surface area contributed by atoms with Gasteiger partial charge >= 0.3 is 6.09 Å². The van der Waals surface area contributed by atoms with Crippen molar-refractivity contribution in [2.24, 2.45) is 5.92 Å². The monoisotopic (exact) mass is 398 g/mol. The molecule has 0 radical (unpaired) electrons. The van der Waals surface area contributed by atoms with Crippen LogP contribution in [0.1, 0.15) is 35.6 Å². The van der Waals surface area contributed by atoms with Gasteiger partial charge in [-0.2, -0.15) is 0 Å². The Morgan fingerprint density at radius 3 is 2.48 bits per heavy atom. The Hall–Kier alpha value is -2.47. The molecule has 2 bridgehead atoms. The van der Waals surface area contributed by atoms with Crippen molar-refractivity contribution in [1.82, 2.24) is 9.80 Å². The first kappa shape index (κ1) is 18.6. The average Bonchev–Trinajstić information content (AvgIpc) is 2.76. The van der Waals surface area contributed by atoms with E-state index in [0.29, 0.717) is 18.9 Å². The van der Waals surface area contributed by atoms with Crippen molar-refractivity contribution in [3.05, 3.63) is 70.8 Å². The van der Waals surface area contributed by atoms with Crippen molar-refractivity contribution >= 4 is 6.09 Å². The highest BCUT2D eigenvalue weighted by Crippen LogP contribution is 2.38. The van der Waals surface area contributed by atoms with E-state index in [2.05, 4.69) is 4.90 Å². The van der Waals surface area contributed by atoms with Gasteiger partial charge in [-0.15, -0.1) is 0 Å². The van der Waals surface area contributed by atoms with Crippen LogP contribution < -0.4 is 0 Å².